The molecule has 0 spiro atoms. The molecule has 0 aliphatic heterocycles. The quantitative estimate of drug-likeness (QED) is 0.639. The highest BCUT2D eigenvalue weighted by molar-refractivity contribution is 5.94. The van der Waals surface area contributed by atoms with Crippen LogP contribution < -0.4 is 10.6 Å². The van der Waals surface area contributed by atoms with Gasteiger partial charge in [0.2, 0.25) is 5.91 Å². The van der Waals surface area contributed by atoms with Gasteiger partial charge in [0.1, 0.15) is 5.75 Å². The monoisotopic (exact) mass is 222 g/mol. The normalized spacial score (nSPS) is 9.56. The van der Waals surface area contributed by atoms with Crippen LogP contribution in [-0.2, 0) is 4.79 Å². The van der Waals surface area contributed by atoms with Gasteiger partial charge in [-0.05, 0) is 18.2 Å². The summed E-state index contributed by atoms with van der Waals surface area (Å²) in [5.74, 6) is -0.359. The number of aromatic hydroxyl groups is 1. The van der Waals surface area contributed by atoms with Crippen LogP contribution in [-0.4, -0.2) is 30.0 Å². The predicted molar refractivity (Wildman–Crippen MR) is 59.1 cm³/mol. The van der Waals surface area contributed by atoms with Gasteiger partial charge in [-0.25, -0.2) is 0 Å². The number of benzene rings is 1. The van der Waals surface area contributed by atoms with Crippen LogP contribution >= 0.6 is 0 Å². The first-order valence-electron chi connectivity index (χ1n) is 4.91. The summed E-state index contributed by atoms with van der Waals surface area (Å²) in [6.07, 6.45) is 0. The molecule has 0 unspecified atom stereocenters. The Labute approximate surface area is 93.5 Å². The van der Waals surface area contributed by atoms with Crippen molar-refractivity contribution in [3.05, 3.63) is 29.8 Å². The Balaban J connectivity index is 2.38. The van der Waals surface area contributed by atoms with Gasteiger partial charge in [0.25, 0.3) is 5.91 Å². The minimum atomic E-state index is -0.277. The standard InChI is InChI=1S/C11H14N2O3/c1-8(14)12-5-6-13-11(16)9-3-2-4-10(15)7-9/h2-4,7,15H,5-6H2,1H3,(H,12,14)(H,13,16). The lowest BCUT2D eigenvalue weighted by atomic mass is 10.2. The molecule has 0 saturated carbocycles. The third-order valence-corrected chi connectivity index (χ3v) is 1.89. The largest absolute Gasteiger partial charge is 0.508 e. The number of carbonyl (C=O) groups is 2. The average molecular weight is 222 g/mol. The molecule has 5 nitrogen and oxygen atoms in total. The fourth-order valence-electron chi connectivity index (χ4n) is 1.16. The molecule has 0 aliphatic carbocycles. The third kappa shape index (κ3) is 4.00. The second kappa shape index (κ2) is 5.75. The Kier molecular flexibility index (Phi) is 4.32. The lowest BCUT2D eigenvalue weighted by Crippen LogP contribution is -2.33. The summed E-state index contributed by atoms with van der Waals surface area (Å²) in [6.45, 7) is 2.16. The molecule has 3 N–H and O–H groups in total. The maximum absolute atomic E-state index is 11.5. The molecule has 0 aliphatic rings. The number of nitrogens with one attached hydrogen (secondary N) is 2. The summed E-state index contributed by atoms with van der Waals surface area (Å²) in [7, 11) is 0. The number of carbonyl (C=O) groups excluding carboxylic acids is 2. The van der Waals surface area contributed by atoms with E-state index in [0.29, 0.717) is 18.7 Å². The van der Waals surface area contributed by atoms with Crippen LogP contribution in [0.4, 0.5) is 0 Å². The lowest BCUT2D eigenvalue weighted by molar-refractivity contribution is -0.118. The van der Waals surface area contributed by atoms with E-state index in [2.05, 4.69) is 10.6 Å². The van der Waals surface area contributed by atoms with Crippen molar-refractivity contribution in [2.75, 3.05) is 13.1 Å². The molecular weight excluding hydrogens is 208 g/mol. The van der Waals surface area contributed by atoms with Gasteiger partial charge < -0.3 is 15.7 Å². The fraction of sp³-hybridized carbons (Fsp3) is 0.273. The Hall–Kier alpha value is -2.04. The van der Waals surface area contributed by atoms with E-state index in [0.717, 1.165) is 0 Å². The minimum Gasteiger partial charge on any atom is -0.508 e. The number of hydrogen-bond acceptors (Lipinski definition) is 3. The van der Waals surface area contributed by atoms with Gasteiger partial charge >= 0.3 is 0 Å². The first-order chi connectivity index (χ1) is 7.59. The van der Waals surface area contributed by atoms with E-state index in [-0.39, 0.29) is 17.6 Å². The molecule has 1 rings (SSSR count). The summed E-state index contributed by atoms with van der Waals surface area (Å²) in [5, 5.41) is 14.3. The Morgan fingerprint density at radius 3 is 2.56 bits per heavy atom. The molecule has 0 bridgehead atoms. The molecule has 0 heterocycles. The number of phenolic OH excluding ortho intramolecular Hbond substituents is 1. The molecule has 86 valence electrons. The van der Waals surface area contributed by atoms with E-state index in [1.807, 2.05) is 0 Å². The average Bonchev–Trinajstić information content (AvgIpc) is 2.24. The third-order valence-electron chi connectivity index (χ3n) is 1.89. The summed E-state index contributed by atoms with van der Waals surface area (Å²) in [4.78, 5) is 22.1. The highest BCUT2D eigenvalue weighted by atomic mass is 16.3. The predicted octanol–water partition coefficient (Wildman–Crippen LogP) is 0.258. The zero-order valence-electron chi connectivity index (χ0n) is 8.99. The van der Waals surface area contributed by atoms with Gasteiger partial charge in [-0.1, -0.05) is 6.07 Å². The van der Waals surface area contributed by atoms with Crippen LogP contribution in [0.25, 0.3) is 0 Å². The summed E-state index contributed by atoms with van der Waals surface area (Å²) >= 11 is 0. The van der Waals surface area contributed by atoms with Crippen molar-refractivity contribution in [1.29, 1.82) is 0 Å². The highest BCUT2D eigenvalue weighted by Crippen LogP contribution is 2.10. The summed E-state index contributed by atoms with van der Waals surface area (Å²) in [5.41, 5.74) is 0.392. The van der Waals surface area contributed by atoms with Crippen molar-refractivity contribution >= 4 is 11.8 Å². The molecule has 1 aromatic rings. The van der Waals surface area contributed by atoms with Gasteiger partial charge in [-0.15, -0.1) is 0 Å². The van der Waals surface area contributed by atoms with Crippen LogP contribution in [0.2, 0.25) is 0 Å². The van der Waals surface area contributed by atoms with Crippen molar-refractivity contribution in [2.45, 2.75) is 6.92 Å². The Morgan fingerprint density at radius 1 is 1.25 bits per heavy atom. The smallest absolute Gasteiger partial charge is 0.251 e. The number of rotatable bonds is 4. The topological polar surface area (TPSA) is 78.4 Å². The molecule has 0 saturated heterocycles. The lowest BCUT2D eigenvalue weighted by Gasteiger charge is -2.05. The minimum absolute atomic E-state index is 0.0505. The molecular formula is C11H14N2O3. The van der Waals surface area contributed by atoms with E-state index >= 15 is 0 Å². The van der Waals surface area contributed by atoms with E-state index in [1.54, 1.807) is 12.1 Å². The van der Waals surface area contributed by atoms with Gasteiger partial charge in [-0.3, -0.25) is 9.59 Å². The zero-order valence-corrected chi connectivity index (χ0v) is 8.99. The number of hydrogen-bond donors (Lipinski definition) is 3. The van der Waals surface area contributed by atoms with Crippen molar-refractivity contribution in [2.24, 2.45) is 0 Å². The molecule has 5 heteroatoms. The second-order valence-corrected chi connectivity index (χ2v) is 3.29. The van der Waals surface area contributed by atoms with Crippen LogP contribution in [0.15, 0.2) is 24.3 Å². The maximum Gasteiger partial charge on any atom is 0.251 e. The highest BCUT2D eigenvalue weighted by Gasteiger charge is 2.04. The van der Waals surface area contributed by atoms with Crippen molar-refractivity contribution in [3.63, 3.8) is 0 Å². The Bertz CT molecular complexity index is 391. The molecule has 0 fully saturated rings. The number of phenols is 1. The first-order valence-corrected chi connectivity index (χ1v) is 4.91. The van der Waals surface area contributed by atoms with E-state index in [9.17, 15) is 9.59 Å². The summed E-state index contributed by atoms with van der Waals surface area (Å²) < 4.78 is 0. The van der Waals surface area contributed by atoms with Gasteiger partial charge in [0.15, 0.2) is 0 Å². The van der Waals surface area contributed by atoms with Crippen LogP contribution in [0.5, 0.6) is 5.75 Å². The molecule has 16 heavy (non-hydrogen) atoms. The molecule has 0 radical (unpaired) electrons. The zero-order chi connectivity index (χ0) is 12.0. The van der Waals surface area contributed by atoms with Crippen LogP contribution in [0.1, 0.15) is 17.3 Å². The fourth-order valence-corrected chi connectivity index (χ4v) is 1.16. The van der Waals surface area contributed by atoms with Gasteiger partial charge in [-0.2, -0.15) is 0 Å². The summed E-state index contributed by atoms with van der Waals surface area (Å²) in [6, 6.07) is 6.08. The number of amides is 2. The molecule has 0 aromatic heterocycles. The first kappa shape index (κ1) is 12.0. The van der Waals surface area contributed by atoms with E-state index < -0.39 is 0 Å². The SMILES string of the molecule is CC(=O)NCCNC(=O)c1cccc(O)c1. The van der Waals surface area contributed by atoms with Crippen LogP contribution in [0, 0.1) is 0 Å². The molecule has 1 aromatic carbocycles. The van der Waals surface area contributed by atoms with E-state index in [4.69, 9.17) is 5.11 Å². The Morgan fingerprint density at radius 2 is 1.94 bits per heavy atom. The van der Waals surface area contributed by atoms with Crippen molar-refractivity contribution in [3.8, 4) is 5.75 Å². The van der Waals surface area contributed by atoms with Crippen molar-refractivity contribution in [1.82, 2.24) is 10.6 Å². The maximum atomic E-state index is 11.5. The second-order valence-electron chi connectivity index (χ2n) is 3.29. The molecule has 2 amide bonds. The van der Waals surface area contributed by atoms with Crippen molar-refractivity contribution < 1.29 is 14.7 Å². The van der Waals surface area contributed by atoms with Gasteiger partial charge in [0, 0.05) is 25.6 Å². The van der Waals surface area contributed by atoms with Crippen LogP contribution in [0.3, 0.4) is 0 Å². The van der Waals surface area contributed by atoms with Gasteiger partial charge in [0.05, 0.1) is 0 Å². The van der Waals surface area contributed by atoms with E-state index in [1.165, 1.54) is 19.1 Å². The molecule has 0 atom stereocenters.